The molecule has 0 saturated heterocycles. The molecule has 2 rings (SSSR count). The second-order valence-electron chi connectivity index (χ2n) is 5.01. The lowest BCUT2D eigenvalue weighted by molar-refractivity contribution is 0.0913. The minimum atomic E-state index is -0.299. The number of rotatable bonds is 4. The molecule has 1 aromatic rings. The number of ether oxygens (including phenoxy) is 2. The van der Waals surface area contributed by atoms with Gasteiger partial charge in [0.25, 0.3) is 0 Å². The molecule has 0 aliphatic heterocycles. The van der Waals surface area contributed by atoms with Gasteiger partial charge >= 0.3 is 0 Å². The van der Waals surface area contributed by atoms with Gasteiger partial charge in [0.15, 0.2) is 11.5 Å². The summed E-state index contributed by atoms with van der Waals surface area (Å²) in [6, 6.07) is 3.46. The maximum Gasteiger partial charge on any atom is 0.228 e. The Balaban J connectivity index is 2.66. The summed E-state index contributed by atoms with van der Waals surface area (Å²) >= 11 is 0. The number of Topliss-reactive ketones (excluding diaryl/α,β-unsaturated/α-hetero) is 1. The van der Waals surface area contributed by atoms with Crippen molar-refractivity contribution in [2.75, 3.05) is 7.11 Å². The molecule has 1 aliphatic rings. The molecule has 110 valence electrons. The van der Waals surface area contributed by atoms with E-state index in [2.05, 4.69) is 0 Å². The van der Waals surface area contributed by atoms with E-state index in [1.54, 1.807) is 12.1 Å². The van der Waals surface area contributed by atoms with Crippen LogP contribution >= 0.6 is 0 Å². The van der Waals surface area contributed by atoms with E-state index >= 15 is 0 Å². The summed E-state index contributed by atoms with van der Waals surface area (Å²) < 4.78 is 10.7. The molecule has 0 unspecified atom stereocenters. The van der Waals surface area contributed by atoms with E-state index in [0.29, 0.717) is 16.9 Å². The summed E-state index contributed by atoms with van der Waals surface area (Å²) in [7, 11) is 1.38. The second-order valence-corrected chi connectivity index (χ2v) is 5.01. The first kappa shape index (κ1) is 15.0. The Kier molecular flexibility index (Phi) is 4.26. The summed E-state index contributed by atoms with van der Waals surface area (Å²) in [6.07, 6.45) is 4.84. The van der Waals surface area contributed by atoms with Crippen LogP contribution in [0.25, 0.3) is 6.08 Å². The maximum absolute atomic E-state index is 12.4. The zero-order chi connectivity index (χ0) is 15.6. The zero-order valence-electron chi connectivity index (χ0n) is 12.6. The smallest absolute Gasteiger partial charge is 0.228 e. The number of hydrogen-bond acceptors (Lipinski definition) is 4. The lowest BCUT2D eigenvalue weighted by Crippen LogP contribution is -2.20. The molecule has 0 atom stereocenters. The summed E-state index contributed by atoms with van der Waals surface area (Å²) in [6.45, 7) is 5.64. The predicted octanol–water partition coefficient (Wildman–Crippen LogP) is 3.42. The van der Waals surface area contributed by atoms with E-state index in [0.717, 1.165) is 5.56 Å². The molecule has 4 nitrogen and oxygen atoms in total. The monoisotopic (exact) mass is 286 g/mol. The van der Waals surface area contributed by atoms with E-state index in [-0.39, 0.29) is 23.4 Å². The average molecular weight is 286 g/mol. The van der Waals surface area contributed by atoms with Crippen molar-refractivity contribution in [1.82, 2.24) is 0 Å². The number of carbonyl (C=O) groups excluding carboxylic acids is 2. The van der Waals surface area contributed by atoms with Gasteiger partial charge < -0.3 is 9.47 Å². The van der Waals surface area contributed by atoms with Crippen LogP contribution in [0.2, 0.25) is 0 Å². The lowest BCUT2D eigenvalue weighted by atomic mass is 9.90. The van der Waals surface area contributed by atoms with Gasteiger partial charge in [0.05, 0.1) is 18.8 Å². The third kappa shape index (κ3) is 2.89. The van der Waals surface area contributed by atoms with E-state index in [1.165, 1.54) is 13.2 Å². The Hall–Kier alpha value is -2.36. The molecule has 4 heteroatoms. The highest BCUT2D eigenvalue weighted by Crippen LogP contribution is 2.32. The third-order valence-electron chi connectivity index (χ3n) is 3.04. The number of ketones is 2. The van der Waals surface area contributed by atoms with Gasteiger partial charge in [-0.15, -0.1) is 0 Å². The van der Waals surface area contributed by atoms with Crippen LogP contribution in [0.3, 0.4) is 0 Å². The molecule has 0 radical (unpaired) electrons. The molecule has 0 amide bonds. The van der Waals surface area contributed by atoms with Crippen LogP contribution in [0.5, 0.6) is 5.75 Å². The fraction of sp³-hybridized carbons (Fsp3) is 0.294. The molecule has 0 heterocycles. The SMILES string of the molecule is C/C=C/c1cc(OC(C)C)c2c(c1)C(=O)C(OC)=CC2=O. The molecule has 0 fully saturated rings. The van der Waals surface area contributed by atoms with Crippen LogP contribution in [0, 0.1) is 0 Å². The van der Waals surface area contributed by atoms with Crippen LogP contribution in [-0.2, 0) is 4.74 Å². The lowest BCUT2D eigenvalue weighted by Gasteiger charge is -2.20. The quantitative estimate of drug-likeness (QED) is 0.851. The zero-order valence-corrected chi connectivity index (χ0v) is 12.6. The average Bonchev–Trinajstić information content (AvgIpc) is 2.42. The first-order chi connectivity index (χ1) is 9.97. The second kappa shape index (κ2) is 5.95. The third-order valence-corrected chi connectivity index (χ3v) is 3.04. The standard InChI is InChI=1S/C17H18O4/c1-5-6-11-7-12-16(14(8-11)21-10(2)3)13(18)9-15(20-4)17(12)19/h5-10H,1-4H3/b6-5+. The topological polar surface area (TPSA) is 52.6 Å². The number of methoxy groups -OCH3 is 1. The van der Waals surface area contributed by atoms with Gasteiger partial charge in [-0.3, -0.25) is 9.59 Å². The Labute approximate surface area is 124 Å². The van der Waals surface area contributed by atoms with Gasteiger partial charge in [-0.2, -0.15) is 0 Å². The summed E-state index contributed by atoms with van der Waals surface area (Å²) in [4.78, 5) is 24.6. The molecule has 0 N–H and O–H groups in total. The molecule has 21 heavy (non-hydrogen) atoms. The Morgan fingerprint density at radius 2 is 1.90 bits per heavy atom. The largest absolute Gasteiger partial charge is 0.492 e. The van der Waals surface area contributed by atoms with Crippen molar-refractivity contribution >= 4 is 17.6 Å². The van der Waals surface area contributed by atoms with Crippen LogP contribution < -0.4 is 4.74 Å². The molecule has 1 aliphatic carbocycles. The normalized spacial score (nSPS) is 14.4. The van der Waals surface area contributed by atoms with Gasteiger partial charge in [-0.05, 0) is 38.5 Å². The van der Waals surface area contributed by atoms with E-state index < -0.39 is 0 Å². The Bertz CT molecular complexity index is 651. The van der Waals surface area contributed by atoms with Gasteiger partial charge in [0.1, 0.15) is 5.75 Å². The van der Waals surface area contributed by atoms with Crippen molar-refractivity contribution in [2.45, 2.75) is 26.9 Å². The fourth-order valence-corrected chi connectivity index (χ4v) is 2.25. The minimum Gasteiger partial charge on any atom is -0.492 e. The minimum absolute atomic E-state index is 0.0561. The molecular weight excluding hydrogens is 268 g/mol. The van der Waals surface area contributed by atoms with Crippen molar-refractivity contribution in [1.29, 1.82) is 0 Å². The van der Waals surface area contributed by atoms with Gasteiger partial charge in [0, 0.05) is 11.6 Å². The highest BCUT2D eigenvalue weighted by Gasteiger charge is 2.30. The highest BCUT2D eigenvalue weighted by atomic mass is 16.5. The first-order valence-corrected chi connectivity index (χ1v) is 6.80. The van der Waals surface area contributed by atoms with Crippen LogP contribution in [0.4, 0.5) is 0 Å². The summed E-state index contributed by atoms with van der Waals surface area (Å²) in [5, 5.41) is 0. The summed E-state index contributed by atoms with van der Waals surface area (Å²) in [5.41, 5.74) is 1.44. The van der Waals surface area contributed by atoms with E-state index in [4.69, 9.17) is 9.47 Å². The number of allylic oxidation sites excluding steroid dienone is 3. The Morgan fingerprint density at radius 1 is 1.19 bits per heavy atom. The van der Waals surface area contributed by atoms with Crippen molar-refractivity contribution in [3.63, 3.8) is 0 Å². The first-order valence-electron chi connectivity index (χ1n) is 6.80. The Morgan fingerprint density at radius 3 is 2.48 bits per heavy atom. The van der Waals surface area contributed by atoms with Crippen molar-refractivity contribution < 1.29 is 19.1 Å². The number of benzene rings is 1. The molecular formula is C17H18O4. The number of fused-ring (bicyclic) bond motifs is 1. The van der Waals surface area contributed by atoms with Crippen LogP contribution in [-0.4, -0.2) is 24.8 Å². The maximum atomic E-state index is 12.4. The molecule has 0 aromatic heterocycles. The van der Waals surface area contributed by atoms with Crippen molar-refractivity contribution in [2.24, 2.45) is 0 Å². The van der Waals surface area contributed by atoms with Crippen molar-refractivity contribution in [3.8, 4) is 5.75 Å². The summed E-state index contributed by atoms with van der Waals surface area (Å²) in [5.74, 6) is -0.0860. The van der Waals surface area contributed by atoms with Gasteiger partial charge in [-0.1, -0.05) is 12.2 Å². The highest BCUT2D eigenvalue weighted by molar-refractivity contribution is 6.25. The van der Waals surface area contributed by atoms with E-state index in [9.17, 15) is 9.59 Å². The van der Waals surface area contributed by atoms with Crippen LogP contribution in [0.15, 0.2) is 30.0 Å². The molecule has 0 spiro atoms. The predicted molar refractivity (Wildman–Crippen MR) is 80.7 cm³/mol. The molecule has 0 saturated carbocycles. The van der Waals surface area contributed by atoms with Gasteiger partial charge in [-0.25, -0.2) is 0 Å². The number of carbonyl (C=O) groups is 2. The number of hydrogen-bond donors (Lipinski definition) is 0. The fourth-order valence-electron chi connectivity index (χ4n) is 2.25. The van der Waals surface area contributed by atoms with Crippen LogP contribution in [0.1, 0.15) is 47.1 Å². The van der Waals surface area contributed by atoms with E-state index in [1.807, 2.05) is 32.9 Å². The van der Waals surface area contributed by atoms with Crippen molar-refractivity contribution in [3.05, 3.63) is 46.7 Å². The van der Waals surface area contributed by atoms with Gasteiger partial charge in [0.2, 0.25) is 5.78 Å². The molecule has 0 bridgehead atoms. The molecule has 1 aromatic carbocycles.